The van der Waals surface area contributed by atoms with Crippen molar-refractivity contribution in [3.05, 3.63) is 42.1 Å². The van der Waals surface area contributed by atoms with Crippen molar-refractivity contribution in [2.45, 2.75) is 32.1 Å². The molecule has 2 aromatic heterocycles. The lowest BCUT2D eigenvalue weighted by atomic mass is 9.97. The van der Waals surface area contributed by atoms with Gasteiger partial charge in [-0.25, -0.2) is 0 Å². The summed E-state index contributed by atoms with van der Waals surface area (Å²) in [6, 6.07) is 3.53. The highest BCUT2D eigenvalue weighted by Crippen LogP contribution is 2.19. The van der Waals surface area contributed by atoms with E-state index in [2.05, 4.69) is 26.5 Å². The molecule has 0 atom stereocenters. The summed E-state index contributed by atoms with van der Waals surface area (Å²) in [6.07, 6.45) is 11.3. The van der Waals surface area contributed by atoms with Crippen LogP contribution in [-0.4, -0.2) is 27.6 Å². The Kier molecular flexibility index (Phi) is 4.58. The molecule has 2 aromatic rings. The van der Waals surface area contributed by atoms with Gasteiger partial charge in [0.05, 0.1) is 0 Å². The van der Waals surface area contributed by atoms with Crippen LogP contribution >= 0.6 is 0 Å². The molecule has 0 fully saturated rings. The summed E-state index contributed by atoms with van der Waals surface area (Å²) in [5.74, 6) is 0.0520. The fraction of sp³-hybridized carbons (Fsp3) is 0.375. The SMILES string of the molecule is O=C(NCCC1=CCCCC1)c1nc(-c2ccncc2)no1. The zero-order valence-electron chi connectivity index (χ0n) is 12.3. The molecule has 0 radical (unpaired) electrons. The molecule has 114 valence electrons. The molecule has 0 spiro atoms. The first kappa shape index (κ1) is 14.4. The highest BCUT2D eigenvalue weighted by Gasteiger charge is 2.15. The lowest BCUT2D eigenvalue weighted by molar-refractivity contribution is 0.0910. The maximum absolute atomic E-state index is 12.0. The van der Waals surface area contributed by atoms with E-state index in [4.69, 9.17) is 4.52 Å². The van der Waals surface area contributed by atoms with Crippen molar-refractivity contribution in [1.82, 2.24) is 20.4 Å². The van der Waals surface area contributed by atoms with Crippen LogP contribution in [-0.2, 0) is 0 Å². The van der Waals surface area contributed by atoms with Crippen LogP contribution in [0.1, 0.15) is 42.8 Å². The lowest BCUT2D eigenvalue weighted by Crippen LogP contribution is -2.25. The fourth-order valence-electron chi connectivity index (χ4n) is 2.48. The molecule has 0 saturated carbocycles. The third-order valence-electron chi connectivity index (χ3n) is 3.68. The minimum absolute atomic E-state index is 0.00978. The van der Waals surface area contributed by atoms with Gasteiger partial charge in [-0.1, -0.05) is 16.8 Å². The van der Waals surface area contributed by atoms with Crippen molar-refractivity contribution in [3.8, 4) is 11.4 Å². The number of aromatic nitrogens is 3. The third kappa shape index (κ3) is 3.58. The van der Waals surface area contributed by atoms with Crippen LogP contribution in [0.4, 0.5) is 0 Å². The number of pyridine rings is 1. The first-order valence-electron chi connectivity index (χ1n) is 7.53. The molecule has 1 aliphatic carbocycles. The Bertz CT molecular complexity index is 664. The predicted molar refractivity (Wildman–Crippen MR) is 81.0 cm³/mol. The van der Waals surface area contributed by atoms with Crippen molar-refractivity contribution in [2.75, 3.05) is 6.54 Å². The van der Waals surface area contributed by atoms with Crippen LogP contribution < -0.4 is 5.32 Å². The van der Waals surface area contributed by atoms with Crippen LogP contribution in [0.25, 0.3) is 11.4 Å². The summed E-state index contributed by atoms with van der Waals surface area (Å²) in [4.78, 5) is 20.0. The summed E-state index contributed by atoms with van der Waals surface area (Å²) >= 11 is 0. The maximum atomic E-state index is 12.0. The molecule has 0 saturated heterocycles. The number of hydrogen-bond acceptors (Lipinski definition) is 5. The van der Waals surface area contributed by atoms with E-state index in [1.807, 2.05) is 0 Å². The van der Waals surface area contributed by atoms with Gasteiger partial charge in [-0.15, -0.1) is 0 Å². The second kappa shape index (κ2) is 6.98. The van der Waals surface area contributed by atoms with E-state index in [0.29, 0.717) is 12.4 Å². The van der Waals surface area contributed by atoms with E-state index in [1.165, 1.54) is 18.4 Å². The van der Waals surface area contributed by atoms with Crippen LogP contribution in [0.3, 0.4) is 0 Å². The normalized spacial score (nSPS) is 14.5. The Morgan fingerprint density at radius 2 is 2.14 bits per heavy atom. The van der Waals surface area contributed by atoms with Gasteiger partial charge in [0.1, 0.15) is 0 Å². The number of amides is 1. The summed E-state index contributed by atoms with van der Waals surface area (Å²) in [5.41, 5.74) is 2.19. The Labute approximate surface area is 128 Å². The fourth-order valence-corrected chi connectivity index (χ4v) is 2.48. The summed E-state index contributed by atoms with van der Waals surface area (Å²) < 4.78 is 5.02. The van der Waals surface area contributed by atoms with Crippen molar-refractivity contribution in [3.63, 3.8) is 0 Å². The van der Waals surface area contributed by atoms with Crippen LogP contribution in [0.5, 0.6) is 0 Å². The van der Waals surface area contributed by atoms with Crippen LogP contribution in [0.15, 0.2) is 40.7 Å². The molecule has 0 aliphatic heterocycles. The van der Waals surface area contributed by atoms with Crippen molar-refractivity contribution in [2.24, 2.45) is 0 Å². The Hall–Kier alpha value is -2.50. The van der Waals surface area contributed by atoms with Crippen LogP contribution in [0.2, 0.25) is 0 Å². The first-order valence-corrected chi connectivity index (χ1v) is 7.53. The second-order valence-electron chi connectivity index (χ2n) is 5.27. The summed E-state index contributed by atoms with van der Waals surface area (Å²) in [5, 5.41) is 6.64. The second-order valence-corrected chi connectivity index (χ2v) is 5.27. The number of rotatable bonds is 5. The number of carbonyl (C=O) groups is 1. The minimum Gasteiger partial charge on any atom is -0.348 e. The van der Waals surface area contributed by atoms with Gasteiger partial charge in [0, 0.05) is 24.5 Å². The molecule has 0 aromatic carbocycles. The summed E-state index contributed by atoms with van der Waals surface area (Å²) in [6.45, 7) is 0.595. The van der Waals surface area contributed by atoms with Gasteiger partial charge < -0.3 is 9.84 Å². The highest BCUT2D eigenvalue weighted by atomic mass is 16.5. The van der Waals surface area contributed by atoms with E-state index in [-0.39, 0.29) is 11.8 Å². The maximum Gasteiger partial charge on any atom is 0.316 e. The lowest BCUT2D eigenvalue weighted by Gasteiger charge is -2.12. The number of allylic oxidation sites excluding steroid dienone is 1. The Morgan fingerprint density at radius 1 is 1.27 bits per heavy atom. The minimum atomic E-state index is -0.329. The van der Waals surface area contributed by atoms with Gasteiger partial charge >= 0.3 is 11.8 Å². The average molecular weight is 298 g/mol. The third-order valence-corrected chi connectivity index (χ3v) is 3.68. The number of nitrogens with zero attached hydrogens (tertiary/aromatic N) is 3. The van der Waals surface area contributed by atoms with Gasteiger partial charge in [-0.3, -0.25) is 9.78 Å². The zero-order chi connectivity index (χ0) is 15.2. The van der Waals surface area contributed by atoms with Gasteiger partial charge in [0.2, 0.25) is 5.82 Å². The van der Waals surface area contributed by atoms with E-state index in [0.717, 1.165) is 24.8 Å². The molecule has 0 unspecified atom stereocenters. The molecular formula is C16H18N4O2. The quantitative estimate of drug-likeness (QED) is 0.858. The van der Waals surface area contributed by atoms with Crippen molar-refractivity contribution < 1.29 is 9.32 Å². The van der Waals surface area contributed by atoms with Crippen LogP contribution in [0, 0.1) is 0 Å². The van der Waals surface area contributed by atoms with Gasteiger partial charge in [0.25, 0.3) is 0 Å². The predicted octanol–water partition coefficient (Wildman–Crippen LogP) is 2.75. The largest absolute Gasteiger partial charge is 0.348 e. The van der Waals surface area contributed by atoms with E-state index >= 15 is 0 Å². The molecular weight excluding hydrogens is 280 g/mol. The number of hydrogen-bond donors (Lipinski definition) is 1. The smallest absolute Gasteiger partial charge is 0.316 e. The average Bonchev–Trinajstić information content (AvgIpc) is 3.07. The molecule has 2 heterocycles. The molecule has 1 N–H and O–H groups in total. The van der Waals surface area contributed by atoms with Crippen molar-refractivity contribution in [1.29, 1.82) is 0 Å². The van der Waals surface area contributed by atoms with Crippen molar-refractivity contribution >= 4 is 5.91 Å². The molecule has 6 nitrogen and oxygen atoms in total. The highest BCUT2D eigenvalue weighted by molar-refractivity contribution is 5.89. The number of carbonyl (C=O) groups excluding carboxylic acids is 1. The molecule has 0 bridgehead atoms. The Morgan fingerprint density at radius 3 is 2.91 bits per heavy atom. The van der Waals surface area contributed by atoms with Gasteiger partial charge in [-0.2, -0.15) is 4.98 Å². The van der Waals surface area contributed by atoms with E-state index < -0.39 is 0 Å². The van der Waals surface area contributed by atoms with Gasteiger partial charge in [-0.05, 0) is 44.2 Å². The first-order chi connectivity index (χ1) is 10.8. The molecule has 3 rings (SSSR count). The van der Waals surface area contributed by atoms with E-state index in [9.17, 15) is 4.79 Å². The topological polar surface area (TPSA) is 80.9 Å². The summed E-state index contributed by atoms with van der Waals surface area (Å²) in [7, 11) is 0. The zero-order valence-corrected chi connectivity index (χ0v) is 12.3. The van der Waals surface area contributed by atoms with E-state index in [1.54, 1.807) is 24.5 Å². The standard InChI is InChI=1S/C16H18N4O2/c21-15(18-11-6-12-4-2-1-3-5-12)16-19-14(20-22-16)13-7-9-17-10-8-13/h4,7-10H,1-3,5-6,11H2,(H,18,21). The molecule has 1 amide bonds. The molecule has 1 aliphatic rings. The number of nitrogens with one attached hydrogen (secondary N) is 1. The molecule has 6 heteroatoms. The Balaban J connectivity index is 1.54. The molecule has 22 heavy (non-hydrogen) atoms. The monoisotopic (exact) mass is 298 g/mol. The van der Waals surface area contributed by atoms with Gasteiger partial charge in [0.15, 0.2) is 0 Å².